The van der Waals surface area contributed by atoms with Crippen LogP contribution in [-0.4, -0.2) is 44.0 Å². The van der Waals surface area contributed by atoms with Gasteiger partial charge in [-0.3, -0.25) is 0 Å². The number of pyridine rings is 1. The minimum Gasteiger partial charge on any atom is -0.383 e. The van der Waals surface area contributed by atoms with Gasteiger partial charge in [-0.1, -0.05) is 13.0 Å². The van der Waals surface area contributed by atoms with Crippen molar-refractivity contribution < 1.29 is 13.2 Å². The van der Waals surface area contributed by atoms with E-state index in [1.807, 2.05) is 13.8 Å². The van der Waals surface area contributed by atoms with E-state index in [1.165, 1.54) is 16.6 Å². The molecule has 1 unspecified atom stereocenters. The number of aromatic nitrogens is 1. The first-order valence-corrected chi connectivity index (χ1v) is 8.46. The molecule has 0 bridgehead atoms. The highest BCUT2D eigenvalue weighted by atomic mass is 35.5. The fraction of sp³-hybridized carbons (Fsp3) is 0.615. The first kappa shape index (κ1) is 17.4. The van der Waals surface area contributed by atoms with E-state index in [-0.39, 0.29) is 11.1 Å². The number of alkyl halides is 1. The quantitative estimate of drug-likeness (QED) is 0.689. The molecule has 1 atom stereocenters. The maximum absolute atomic E-state index is 12.6. The van der Waals surface area contributed by atoms with Gasteiger partial charge in [0.1, 0.15) is 0 Å². The molecule has 0 N–H and O–H groups in total. The molecule has 0 aliphatic heterocycles. The Balaban J connectivity index is 3.07. The Kier molecular flexibility index (Phi) is 6.88. The number of ether oxygens (including phenoxy) is 1. The second-order valence-corrected chi connectivity index (χ2v) is 6.61. The molecule has 0 aromatic carbocycles. The van der Waals surface area contributed by atoms with Crippen LogP contribution >= 0.6 is 11.6 Å². The number of methoxy groups -OCH3 is 1. The summed E-state index contributed by atoms with van der Waals surface area (Å²) >= 11 is 5.68. The number of hydrogen-bond donors (Lipinski definition) is 0. The van der Waals surface area contributed by atoms with E-state index in [2.05, 4.69) is 4.98 Å². The summed E-state index contributed by atoms with van der Waals surface area (Å²) in [5, 5.41) is 0.0442. The minimum absolute atomic E-state index is 0.0442. The average molecular weight is 321 g/mol. The molecule has 1 aromatic rings. The summed E-state index contributed by atoms with van der Waals surface area (Å²) in [6.07, 6.45) is 2.22. The summed E-state index contributed by atoms with van der Waals surface area (Å²) in [5.74, 6) is 0.312. The van der Waals surface area contributed by atoms with Gasteiger partial charge in [0.2, 0.25) is 0 Å². The molecule has 1 heterocycles. The largest absolute Gasteiger partial charge is 0.383 e. The molecule has 5 nitrogen and oxygen atoms in total. The zero-order valence-electron chi connectivity index (χ0n) is 12.0. The van der Waals surface area contributed by atoms with Gasteiger partial charge in [-0.05, 0) is 25.0 Å². The van der Waals surface area contributed by atoms with E-state index in [1.54, 1.807) is 13.2 Å². The van der Waals surface area contributed by atoms with E-state index < -0.39 is 10.0 Å². The molecule has 0 radical (unpaired) electrons. The molecule has 0 saturated heterocycles. The highest BCUT2D eigenvalue weighted by Gasteiger charge is 2.29. The molecule has 0 amide bonds. The van der Waals surface area contributed by atoms with Gasteiger partial charge in [-0.15, -0.1) is 11.6 Å². The molecule has 0 spiro atoms. The fourth-order valence-electron chi connectivity index (χ4n) is 1.73. The molecule has 1 rings (SSSR count). The second kappa shape index (κ2) is 7.93. The molecule has 0 saturated carbocycles. The van der Waals surface area contributed by atoms with Gasteiger partial charge in [0.05, 0.1) is 6.61 Å². The van der Waals surface area contributed by atoms with Crippen LogP contribution in [-0.2, 0) is 20.6 Å². The Morgan fingerprint density at radius 3 is 2.60 bits per heavy atom. The van der Waals surface area contributed by atoms with E-state index in [9.17, 15) is 8.42 Å². The summed E-state index contributed by atoms with van der Waals surface area (Å²) in [6.45, 7) is 4.49. The van der Waals surface area contributed by atoms with Crippen LogP contribution in [0.3, 0.4) is 0 Å². The maximum atomic E-state index is 12.6. The predicted octanol–water partition coefficient (Wildman–Crippen LogP) is 2.26. The Bertz CT molecular complexity index is 505. The monoisotopic (exact) mass is 320 g/mol. The van der Waals surface area contributed by atoms with Crippen molar-refractivity contribution >= 4 is 21.6 Å². The lowest BCUT2D eigenvalue weighted by Crippen LogP contribution is -2.40. The molecule has 7 heteroatoms. The highest BCUT2D eigenvalue weighted by Crippen LogP contribution is 2.18. The van der Waals surface area contributed by atoms with E-state index in [0.29, 0.717) is 19.0 Å². The van der Waals surface area contributed by atoms with Crippen molar-refractivity contribution in [3.63, 3.8) is 0 Å². The van der Waals surface area contributed by atoms with Gasteiger partial charge < -0.3 is 4.74 Å². The summed E-state index contributed by atoms with van der Waals surface area (Å²) in [4.78, 5) is 4.01. The molecule has 0 fully saturated rings. The molecule has 20 heavy (non-hydrogen) atoms. The zero-order valence-corrected chi connectivity index (χ0v) is 13.6. The third-order valence-electron chi connectivity index (χ3n) is 3.12. The number of hydrogen-bond acceptors (Lipinski definition) is 4. The average Bonchev–Trinajstić information content (AvgIpc) is 2.47. The zero-order chi connectivity index (χ0) is 15.2. The summed E-state index contributed by atoms with van der Waals surface area (Å²) in [7, 11) is -2.06. The maximum Gasteiger partial charge on any atom is 0.260 e. The SMILES string of the molecule is CCC(C)N(CCOC)S(=O)(=O)c1ccc(CCl)cn1. The lowest BCUT2D eigenvalue weighted by molar-refractivity contribution is 0.167. The van der Waals surface area contributed by atoms with E-state index in [4.69, 9.17) is 16.3 Å². The third-order valence-corrected chi connectivity index (χ3v) is 5.36. The normalized spacial score (nSPS) is 13.7. The number of halogens is 1. The molecular formula is C13H21ClN2O3S. The van der Waals surface area contributed by atoms with Gasteiger partial charge in [0.15, 0.2) is 5.03 Å². The van der Waals surface area contributed by atoms with Gasteiger partial charge in [-0.2, -0.15) is 4.31 Å². The van der Waals surface area contributed by atoms with Crippen molar-refractivity contribution in [2.24, 2.45) is 0 Å². The van der Waals surface area contributed by atoms with Crippen LogP contribution in [0.2, 0.25) is 0 Å². The molecule has 0 aliphatic carbocycles. The van der Waals surface area contributed by atoms with Crippen molar-refractivity contribution in [3.8, 4) is 0 Å². The van der Waals surface area contributed by atoms with Crippen LogP contribution in [0.1, 0.15) is 25.8 Å². The van der Waals surface area contributed by atoms with Gasteiger partial charge in [-0.25, -0.2) is 13.4 Å². The Labute approximate surface area is 126 Å². The highest BCUT2D eigenvalue weighted by molar-refractivity contribution is 7.89. The predicted molar refractivity (Wildman–Crippen MR) is 79.3 cm³/mol. The van der Waals surface area contributed by atoms with Crippen molar-refractivity contribution in [1.82, 2.24) is 9.29 Å². The lowest BCUT2D eigenvalue weighted by atomic mass is 10.3. The topological polar surface area (TPSA) is 59.5 Å². The lowest BCUT2D eigenvalue weighted by Gasteiger charge is -2.26. The van der Waals surface area contributed by atoms with Crippen molar-refractivity contribution in [1.29, 1.82) is 0 Å². The van der Waals surface area contributed by atoms with Crippen LogP contribution in [0.5, 0.6) is 0 Å². The molecule has 1 aromatic heterocycles. The van der Waals surface area contributed by atoms with Crippen LogP contribution in [0.15, 0.2) is 23.4 Å². The number of sulfonamides is 1. The Morgan fingerprint density at radius 1 is 1.45 bits per heavy atom. The third kappa shape index (κ3) is 4.15. The smallest absolute Gasteiger partial charge is 0.260 e. The van der Waals surface area contributed by atoms with Crippen LogP contribution in [0.25, 0.3) is 0 Å². The van der Waals surface area contributed by atoms with E-state index in [0.717, 1.165) is 12.0 Å². The minimum atomic E-state index is -3.61. The molecule has 114 valence electrons. The summed E-state index contributed by atoms with van der Waals surface area (Å²) < 4.78 is 31.6. The number of rotatable bonds is 8. The number of nitrogens with zero attached hydrogens (tertiary/aromatic N) is 2. The van der Waals surface area contributed by atoms with Crippen LogP contribution in [0, 0.1) is 0 Å². The Morgan fingerprint density at radius 2 is 2.15 bits per heavy atom. The summed E-state index contributed by atoms with van der Waals surface area (Å²) in [6, 6.07) is 3.07. The van der Waals surface area contributed by atoms with Crippen LogP contribution < -0.4 is 0 Å². The Hall–Kier alpha value is -0.690. The standard InChI is InChI=1S/C13H21ClN2O3S/c1-4-11(2)16(7-8-19-3)20(17,18)13-6-5-12(9-14)10-15-13/h5-6,10-11H,4,7-9H2,1-3H3. The summed E-state index contributed by atoms with van der Waals surface area (Å²) in [5.41, 5.74) is 0.789. The first-order valence-electron chi connectivity index (χ1n) is 6.49. The van der Waals surface area contributed by atoms with Gasteiger partial charge in [0.25, 0.3) is 10.0 Å². The first-order chi connectivity index (χ1) is 9.47. The van der Waals surface area contributed by atoms with Crippen molar-refractivity contribution in [2.75, 3.05) is 20.3 Å². The van der Waals surface area contributed by atoms with Crippen LogP contribution in [0.4, 0.5) is 0 Å². The fourth-order valence-corrected chi connectivity index (χ4v) is 3.49. The second-order valence-electron chi connectivity index (χ2n) is 4.50. The van der Waals surface area contributed by atoms with Gasteiger partial charge in [0, 0.05) is 31.8 Å². The van der Waals surface area contributed by atoms with Crippen molar-refractivity contribution in [3.05, 3.63) is 23.9 Å². The van der Waals surface area contributed by atoms with E-state index >= 15 is 0 Å². The molecule has 0 aliphatic rings. The molecular weight excluding hydrogens is 300 g/mol. The van der Waals surface area contributed by atoms with Gasteiger partial charge >= 0.3 is 0 Å². The van der Waals surface area contributed by atoms with Crippen molar-refractivity contribution in [2.45, 2.75) is 37.2 Å².